The van der Waals surface area contributed by atoms with E-state index in [-0.39, 0.29) is 5.75 Å². The van der Waals surface area contributed by atoms with Crippen LogP contribution in [0.3, 0.4) is 0 Å². The van der Waals surface area contributed by atoms with Gasteiger partial charge in [-0.25, -0.2) is 8.42 Å². The van der Waals surface area contributed by atoms with E-state index in [1.54, 1.807) is 6.92 Å². The fraction of sp³-hybridized carbons (Fsp3) is 1.00. The lowest BCUT2D eigenvalue weighted by atomic mass is 10.0. The van der Waals surface area contributed by atoms with E-state index in [1.165, 1.54) is 19.3 Å². The molecule has 1 heterocycles. The third kappa shape index (κ3) is 4.72. The number of sulfone groups is 1. The number of halogens is 1. The standard InChI is InChI=1S/C11H22BrNO2S/c1-2-16(14,15)10-9-13-8-4-3-5-11(13)6-7-12/h11H,2-10H2,1H3. The quantitative estimate of drug-likeness (QED) is 0.705. The molecule has 0 aromatic heterocycles. The largest absolute Gasteiger partial charge is 0.299 e. The molecule has 0 radical (unpaired) electrons. The lowest BCUT2D eigenvalue weighted by Gasteiger charge is -2.35. The highest BCUT2D eigenvalue weighted by atomic mass is 79.9. The summed E-state index contributed by atoms with van der Waals surface area (Å²) in [5.74, 6) is 0.590. The second-order valence-electron chi connectivity index (χ2n) is 4.40. The van der Waals surface area contributed by atoms with Crippen LogP contribution in [0.5, 0.6) is 0 Å². The highest BCUT2D eigenvalue weighted by Crippen LogP contribution is 2.20. The van der Waals surface area contributed by atoms with Gasteiger partial charge in [-0.15, -0.1) is 0 Å². The summed E-state index contributed by atoms with van der Waals surface area (Å²) in [7, 11) is -2.81. The molecule has 0 N–H and O–H groups in total. The van der Waals surface area contributed by atoms with Crippen LogP contribution in [-0.4, -0.2) is 49.3 Å². The maximum atomic E-state index is 11.5. The van der Waals surface area contributed by atoms with Gasteiger partial charge >= 0.3 is 0 Å². The van der Waals surface area contributed by atoms with E-state index >= 15 is 0 Å². The minimum Gasteiger partial charge on any atom is -0.299 e. The van der Waals surface area contributed by atoms with Crippen LogP contribution in [0.2, 0.25) is 0 Å². The lowest BCUT2D eigenvalue weighted by Crippen LogP contribution is -2.42. The summed E-state index contributed by atoms with van der Waals surface area (Å²) in [5.41, 5.74) is 0. The lowest BCUT2D eigenvalue weighted by molar-refractivity contribution is 0.154. The topological polar surface area (TPSA) is 37.4 Å². The Hall–Kier alpha value is 0.390. The van der Waals surface area contributed by atoms with Crippen molar-refractivity contribution in [1.82, 2.24) is 4.90 Å². The van der Waals surface area contributed by atoms with E-state index in [4.69, 9.17) is 0 Å². The first-order chi connectivity index (χ1) is 7.59. The smallest absolute Gasteiger partial charge is 0.151 e. The Bertz CT molecular complexity index is 290. The molecule has 0 spiro atoms. The molecular formula is C11H22BrNO2S. The Morgan fingerprint density at radius 3 is 2.75 bits per heavy atom. The predicted molar refractivity (Wildman–Crippen MR) is 72.0 cm³/mol. The molecule has 1 fully saturated rings. The Balaban J connectivity index is 2.43. The molecule has 1 saturated heterocycles. The Morgan fingerprint density at radius 2 is 2.12 bits per heavy atom. The second-order valence-corrected chi connectivity index (χ2v) is 7.67. The molecule has 0 saturated carbocycles. The Morgan fingerprint density at radius 1 is 1.38 bits per heavy atom. The van der Waals surface area contributed by atoms with Gasteiger partial charge in [-0.2, -0.15) is 0 Å². The van der Waals surface area contributed by atoms with E-state index in [0.29, 0.717) is 18.3 Å². The highest BCUT2D eigenvalue weighted by Gasteiger charge is 2.22. The summed E-state index contributed by atoms with van der Waals surface area (Å²) in [6, 6.07) is 0.584. The zero-order valence-electron chi connectivity index (χ0n) is 9.99. The number of piperidine rings is 1. The Labute approximate surface area is 108 Å². The van der Waals surface area contributed by atoms with Crippen LogP contribution in [0.15, 0.2) is 0 Å². The molecule has 0 amide bonds. The molecular weight excluding hydrogens is 290 g/mol. The van der Waals surface area contributed by atoms with Gasteiger partial charge in [0.15, 0.2) is 9.84 Å². The van der Waals surface area contributed by atoms with Crippen LogP contribution < -0.4 is 0 Å². The molecule has 0 bridgehead atoms. The number of hydrogen-bond donors (Lipinski definition) is 0. The van der Waals surface area contributed by atoms with Crippen LogP contribution >= 0.6 is 15.9 Å². The minimum atomic E-state index is -2.81. The first kappa shape index (κ1) is 14.5. The maximum absolute atomic E-state index is 11.5. The van der Waals surface area contributed by atoms with Gasteiger partial charge in [0.05, 0.1) is 5.75 Å². The fourth-order valence-electron chi connectivity index (χ4n) is 2.21. The molecule has 0 aliphatic carbocycles. The van der Waals surface area contributed by atoms with Crippen LogP contribution in [0, 0.1) is 0 Å². The van der Waals surface area contributed by atoms with Crippen molar-refractivity contribution in [1.29, 1.82) is 0 Å². The van der Waals surface area contributed by atoms with E-state index in [0.717, 1.165) is 18.3 Å². The zero-order valence-corrected chi connectivity index (χ0v) is 12.4. The van der Waals surface area contributed by atoms with Crippen molar-refractivity contribution < 1.29 is 8.42 Å². The van der Waals surface area contributed by atoms with Crippen LogP contribution in [0.1, 0.15) is 32.6 Å². The molecule has 16 heavy (non-hydrogen) atoms. The van der Waals surface area contributed by atoms with E-state index in [9.17, 15) is 8.42 Å². The Kier molecular flexibility index (Phi) is 6.29. The molecule has 3 nitrogen and oxygen atoms in total. The predicted octanol–water partition coefficient (Wildman–Crippen LogP) is 2.06. The van der Waals surface area contributed by atoms with Crippen LogP contribution in [-0.2, 0) is 9.84 Å². The number of rotatable bonds is 6. The molecule has 1 atom stereocenters. The van der Waals surface area contributed by atoms with Crippen molar-refractivity contribution >= 4 is 25.8 Å². The summed E-state index contributed by atoms with van der Waals surface area (Å²) in [4.78, 5) is 2.36. The van der Waals surface area contributed by atoms with Crippen molar-refractivity contribution in [3.05, 3.63) is 0 Å². The number of alkyl halides is 1. The molecule has 0 aromatic rings. The van der Waals surface area contributed by atoms with Crippen molar-refractivity contribution in [3.8, 4) is 0 Å². The van der Waals surface area contributed by atoms with Gasteiger partial charge < -0.3 is 0 Å². The molecule has 1 aliphatic heterocycles. The van der Waals surface area contributed by atoms with Crippen LogP contribution in [0.4, 0.5) is 0 Å². The van der Waals surface area contributed by atoms with E-state index in [1.807, 2.05) is 0 Å². The summed E-state index contributed by atoms with van der Waals surface area (Å²) >= 11 is 3.47. The van der Waals surface area contributed by atoms with Gasteiger partial charge in [0.1, 0.15) is 0 Å². The fourth-order valence-corrected chi connectivity index (χ4v) is 3.54. The molecule has 1 rings (SSSR count). The maximum Gasteiger partial charge on any atom is 0.151 e. The van der Waals surface area contributed by atoms with Gasteiger partial charge in [-0.1, -0.05) is 29.3 Å². The van der Waals surface area contributed by atoms with Gasteiger partial charge in [0.2, 0.25) is 0 Å². The zero-order chi connectivity index (χ0) is 12.0. The molecule has 5 heteroatoms. The van der Waals surface area contributed by atoms with Crippen molar-refractivity contribution in [2.75, 3.05) is 29.9 Å². The van der Waals surface area contributed by atoms with E-state index < -0.39 is 9.84 Å². The van der Waals surface area contributed by atoms with Gasteiger partial charge in [0, 0.05) is 23.7 Å². The second kappa shape index (κ2) is 6.97. The normalized spacial score (nSPS) is 23.5. The average Bonchev–Trinajstić information content (AvgIpc) is 2.28. The molecule has 0 aromatic carbocycles. The molecule has 96 valence electrons. The van der Waals surface area contributed by atoms with Crippen molar-refractivity contribution in [3.63, 3.8) is 0 Å². The average molecular weight is 312 g/mol. The SMILES string of the molecule is CCS(=O)(=O)CCN1CCCCC1CCBr. The molecule has 1 aliphatic rings. The number of likely N-dealkylation sites (tertiary alicyclic amines) is 1. The van der Waals surface area contributed by atoms with Gasteiger partial charge in [-0.3, -0.25) is 4.90 Å². The summed E-state index contributed by atoms with van der Waals surface area (Å²) in [6.07, 6.45) is 4.85. The number of nitrogens with zero attached hydrogens (tertiary/aromatic N) is 1. The van der Waals surface area contributed by atoms with E-state index in [2.05, 4.69) is 20.8 Å². The minimum absolute atomic E-state index is 0.268. The summed E-state index contributed by atoms with van der Waals surface area (Å²) in [5, 5.41) is 1.01. The van der Waals surface area contributed by atoms with Crippen molar-refractivity contribution in [2.45, 2.75) is 38.6 Å². The van der Waals surface area contributed by atoms with Crippen LogP contribution in [0.25, 0.3) is 0 Å². The first-order valence-corrected chi connectivity index (χ1v) is 9.04. The third-order valence-electron chi connectivity index (χ3n) is 3.32. The number of hydrogen-bond acceptors (Lipinski definition) is 3. The molecule has 1 unspecified atom stereocenters. The highest BCUT2D eigenvalue weighted by molar-refractivity contribution is 9.09. The third-order valence-corrected chi connectivity index (χ3v) is 5.46. The van der Waals surface area contributed by atoms with Gasteiger partial charge in [-0.05, 0) is 25.8 Å². The van der Waals surface area contributed by atoms with Gasteiger partial charge in [0.25, 0.3) is 0 Å². The summed E-state index contributed by atoms with van der Waals surface area (Å²) in [6.45, 7) is 3.51. The first-order valence-electron chi connectivity index (χ1n) is 6.09. The van der Waals surface area contributed by atoms with Crippen molar-refractivity contribution in [2.24, 2.45) is 0 Å². The summed E-state index contributed by atoms with van der Waals surface area (Å²) < 4.78 is 22.9. The monoisotopic (exact) mass is 311 g/mol.